The minimum absolute atomic E-state index is 0.0475. The van der Waals surface area contributed by atoms with E-state index in [1.807, 2.05) is 71.6 Å². The van der Waals surface area contributed by atoms with Gasteiger partial charge in [0.25, 0.3) is 0 Å². The van der Waals surface area contributed by atoms with Gasteiger partial charge in [-0.05, 0) is 11.3 Å². The number of benzene rings is 2. The largest absolute Gasteiger partial charge is 0.352 e. The summed E-state index contributed by atoms with van der Waals surface area (Å²) in [6.07, 6.45) is 3.17. The van der Waals surface area contributed by atoms with Crippen molar-refractivity contribution in [2.45, 2.75) is 38.4 Å². The molecule has 3 unspecified atom stereocenters. The number of hydrogen-bond donors (Lipinski definition) is 0. The molecule has 33 heavy (non-hydrogen) atoms. The van der Waals surface area contributed by atoms with Gasteiger partial charge in [0.15, 0.2) is 12.5 Å². The van der Waals surface area contributed by atoms with Crippen LogP contribution in [0.4, 0.5) is 0 Å². The van der Waals surface area contributed by atoms with Gasteiger partial charge in [0.05, 0.1) is 25.3 Å². The Hall–Kier alpha value is -2.96. The minimum atomic E-state index is -0.210. The average Bonchev–Trinajstić information content (AvgIpc) is 3.38. The normalized spacial score (nSPS) is 34.6. The molecular weight excluding hydrogens is 416 g/mol. The van der Waals surface area contributed by atoms with Gasteiger partial charge in [-0.2, -0.15) is 0 Å². The molecular formula is C27H28N2O4. The van der Waals surface area contributed by atoms with Crippen molar-refractivity contribution in [1.82, 2.24) is 9.80 Å². The zero-order valence-corrected chi connectivity index (χ0v) is 18.8. The summed E-state index contributed by atoms with van der Waals surface area (Å²) < 4.78 is 11.5. The van der Waals surface area contributed by atoms with Gasteiger partial charge >= 0.3 is 0 Å². The summed E-state index contributed by atoms with van der Waals surface area (Å²) in [6, 6.07) is 20.3. The third-order valence-electron chi connectivity index (χ3n) is 7.80. The van der Waals surface area contributed by atoms with Crippen LogP contribution in [0.3, 0.4) is 0 Å². The summed E-state index contributed by atoms with van der Waals surface area (Å²) in [6.45, 7) is 5.69. The molecule has 0 aromatic heterocycles. The standard InChI is InChI=1S/C15H17NO2.C12H11NO2/c1-15(2)11-10-8-18-14(9-6-4-3-5-7-9)16(10)13(17)12(11)15;14-11-7-6-10-8-15-12(13(10)11)9-4-2-1-3-5-9/h3-7,10-12,14H,8H2,1-2H3;1-7,10,12H,8H2/t10?,11-,12?,14-;10?,12-/m11/s1. The second kappa shape index (κ2) is 7.54. The highest BCUT2D eigenvalue weighted by molar-refractivity contribution is 5.91. The topological polar surface area (TPSA) is 59.1 Å². The van der Waals surface area contributed by atoms with Gasteiger partial charge < -0.3 is 19.3 Å². The summed E-state index contributed by atoms with van der Waals surface area (Å²) in [5.41, 5.74) is 2.32. The van der Waals surface area contributed by atoms with Crippen molar-refractivity contribution in [2.24, 2.45) is 17.3 Å². The number of ether oxygens (including phenoxy) is 2. The van der Waals surface area contributed by atoms with Crippen LogP contribution in [0, 0.1) is 17.3 Å². The predicted octanol–water partition coefficient (Wildman–Crippen LogP) is 3.68. The van der Waals surface area contributed by atoms with Crippen LogP contribution >= 0.6 is 0 Å². The number of carbonyl (C=O) groups is 2. The van der Waals surface area contributed by atoms with Crippen molar-refractivity contribution < 1.29 is 19.1 Å². The number of carbonyl (C=O) groups excluding carboxylic acids is 2. The lowest BCUT2D eigenvalue weighted by Gasteiger charge is -2.27. The van der Waals surface area contributed by atoms with Gasteiger partial charge in [0.2, 0.25) is 11.8 Å². The average molecular weight is 445 g/mol. The Balaban J connectivity index is 0.000000127. The molecule has 0 N–H and O–H groups in total. The van der Waals surface area contributed by atoms with E-state index >= 15 is 0 Å². The van der Waals surface area contributed by atoms with E-state index in [-0.39, 0.29) is 35.7 Å². The molecule has 0 spiro atoms. The fourth-order valence-corrected chi connectivity index (χ4v) is 6.09. The summed E-state index contributed by atoms with van der Waals surface area (Å²) >= 11 is 0. The lowest BCUT2D eigenvalue weighted by Crippen LogP contribution is -2.37. The van der Waals surface area contributed by atoms with Gasteiger partial charge in [-0.25, -0.2) is 0 Å². The summed E-state index contributed by atoms with van der Waals surface area (Å²) in [4.78, 5) is 27.8. The first-order chi connectivity index (χ1) is 16.0. The highest BCUT2D eigenvalue weighted by Gasteiger charge is 2.73. The maximum Gasteiger partial charge on any atom is 0.249 e. The van der Waals surface area contributed by atoms with Crippen molar-refractivity contribution >= 4 is 11.8 Å². The van der Waals surface area contributed by atoms with Crippen molar-refractivity contribution in [2.75, 3.05) is 13.2 Å². The molecule has 6 nitrogen and oxygen atoms in total. The van der Waals surface area contributed by atoms with Gasteiger partial charge in [0.1, 0.15) is 0 Å². The Labute approximate surface area is 193 Å². The zero-order chi connectivity index (χ0) is 22.7. The molecule has 4 heterocycles. The fourth-order valence-electron chi connectivity index (χ4n) is 6.09. The number of rotatable bonds is 2. The van der Waals surface area contributed by atoms with Crippen molar-refractivity contribution in [1.29, 1.82) is 0 Å². The third kappa shape index (κ3) is 3.15. The second-order valence-electron chi connectivity index (χ2n) is 10.0. The van der Waals surface area contributed by atoms with Crippen LogP contribution in [0.15, 0.2) is 72.8 Å². The molecule has 1 saturated carbocycles. The number of piperidine rings is 1. The highest BCUT2D eigenvalue weighted by Crippen LogP contribution is 2.67. The summed E-state index contributed by atoms with van der Waals surface area (Å²) in [5, 5.41) is 0. The van der Waals surface area contributed by atoms with Crippen LogP contribution in [0.1, 0.15) is 37.4 Å². The Kier molecular flexibility index (Phi) is 4.71. The van der Waals surface area contributed by atoms with Gasteiger partial charge in [0, 0.05) is 23.1 Å². The van der Waals surface area contributed by atoms with Crippen LogP contribution in [0.25, 0.3) is 0 Å². The van der Waals surface area contributed by atoms with Gasteiger partial charge in [-0.15, -0.1) is 0 Å². The monoisotopic (exact) mass is 444 g/mol. The van der Waals surface area contributed by atoms with E-state index in [9.17, 15) is 9.59 Å². The molecule has 2 aromatic carbocycles. The lowest BCUT2D eigenvalue weighted by atomic mass is 10.0. The Bertz CT molecular complexity index is 1100. The molecule has 7 rings (SSSR count). The molecule has 4 fully saturated rings. The maximum atomic E-state index is 12.5. The van der Waals surface area contributed by atoms with E-state index in [4.69, 9.17) is 9.47 Å². The number of nitrogens with zero attached hydrogens (tertiary/aromatic N) is 2. The first-order valence-electron chi connectivity index (χ1n) is 11.6. The predicted molar refractivity (Wildman–Crippen MR) is 121 cm³/mol. The molecule has 2 aromatic rings. The van der Waals surface area contributed by atoms with Crippen LogP contribution in [0.2, 0.25) is 0 Å². The van der Waals surface area contributed by atoms with Crippen molar-refractivity contribution in [3.63, 3.8) is 0 Å². The SMILES string of the molecule is CC1(C)C2C(=O)N3C(CO[C@@H]3c3ccccc3)[C@H]21.O=C1C=CC2CO[C@H](c3ccccc3)N12. The zero-order valence-electron chi connectivity index (χ0n) is 18.8. The molecule has 170 valence electrons. The third-order valence-corrected chi connectivity index (χ3v) is 7.80. The number of fused-ring (bicyclic) bond motifs is 4. The van der Waals surface area contributed by atoms with Crippen molar-refractivity contribution in [3.05, 3.63) is 83.9 Å². The molecule has 6 heteroatoms. The number of amides is 2. The Morgan fingerprint density at radius 3 is 2.03 bits per heavy atom. The van der Waals surface area contributed by atoms with Crippen LogP contribution < -0.4 is 0 Å². The molecule has 5 aliphatic rings. The van der Waals surface area contributed by atoms with Crippen LogP contribution in [0.5, 0.6) is 0 Å². The molecule has 0 bridgehead atoms. The smallest absolute Gasteiger partial charge is 0.249 e. The molecule has 3 saturated heterocycles. The minimum Gasteiger partial charge on any atom is -0.352 e. The highest BCUT2D eigenvalue weighted by atomic mass is 16.5. The Morgan fingerprint density at radius 1 is 0.818 bits per heavy atom. The lowest BCUT2D eigenvalue weighted by molar-refractivity contribution is -0.138. The van der Waals surface area contributed by atoms with Gasteiger partial charge in [-0.3, -0.25) is 9.59 Å². The maximum absolute atomic E-state index is 12.5. The van der Waals surface area contributed by atoms with Crippen molar-refractivity contribution in [3.8, 4) is 0 Å². The summed E-state index contributed by atoms with van der Waals surface area (Å²) in [5.74, 6) is 1.07. The molecule has 1 aliphatic carbocycles. The van der Waals surface area contributed by atoms with Crippen LogP contribution in [-0.4, -0.2) is 46.9 Å². The quantitative estimate of drug-likeness (QED) is 0.709. The van der Waals surface area contributed by atoms with E-state index < -0.39 is 0 Å². The van der Waals surface area contributed by atoms with E-state index in [1.54, 1.807) is 11.0 Å². The van der Waals surface area contributed by atoms with E-state index in [2.05, 4.69) is 13.8 Å². The molecule has 0 radical (unpaired) electrons. The van der Waals surface area contributed by atoms with E-state index in [1.165, 1.54) is 0 Å². The van der Waals surface area contributed by atoms with E-state index in [0.717, 1.165) is 11.1 Å². The van der Waals surface area contributed by atoms with Gasteiger partial charge in [-0.1, -0.05) is 80.6 Å². The number of hydrogen-bond acceptors (Lipinski definition) is 4. The summed E-state index contributed by atoms with van der Waals surface area (Å²) in [7, 11) is 0. The Morgan fingerprint density at radius 2 is 1.39 bits per heavy atom. The van der Waals surface area contributed by atoms with E-state index in [0.29, 0.717) is 31.1 Å². The molecule has 2 amide bonds. The molecule has 4 aliphatic heterocycles. The van der Waals surface area contributed by atoms with Crippen LogP contribution in [-0.2, 0) is 19.1 Å². The first kappa shape index (κ1) is 20.6. The second-order valence-corrected chi connectivity index (χ2v) is 10.0. The first-order valence-corrected chi connectivity index (χ1v) is 11.6. The molecule has 6 atom stereocenters. The fraction of sp³-hybridized carbons (Fsp3) is 0.407.